The Labute approximate surface area is 415 Å². The maximum atomic E-state index is 12.0. The number of benzene rings is 6. The molecule has 0 saturated carbocycles. The normalized spacial score (nSPS) is 13.6. The smallest absolute Gasteiger partial charge is 0.463 e. The molecule has 0 saturated heterocycles. The molecule has 0 aromatic heterocycles. The number of hydrogen-bond donors (Lipinski definition) is 2. The first kappa shape index (κ1) is 53.3. The van der Waals surface area contributed by atoms with Crippen molar-refractivity contribution < 1.29 is 37.4 Å². The van der Waals surface area contributed by atoms with Crippen LogP contribution in [0.4, 0.5) is 0 Å². The molecule has 0 aliphatic rings. The van der Waals surface area contributed by atoms with E-state index in [9.17, 15) is 10.2 Å². The third-order valence-electron chi connectivity index (χ3n) is 12.4. The topological polar surface area (TPSA) is 95.8 Å². The zero-order chi connectivity index (χ0) is 50.4. The lowest BCUT2D eigenvalue weighted by molar-refractivity contribution is -0.0354. The number of aromatic hydroxyl groups is 2. The second-order valence-corrected chi connectivity index (χ2v) is 24.3. The third-order valence-corrected chi connectivity index (χ3v) is 14.9. The molecule has 8 nitrogen and oxygen atoms in total. The van der Waals surface area contributed by atoms with E-state index in [0.717, 1.165) is 33.4 Å². The van der Waals surface area contributed by atoms with Crippen LogP contribution in [0.2, 0.25) is 0 Å². The van der Waals surface area contributed by atoms with Crippen molar-refractivity contribution in [3.05, 3.63) is 179 Å². The summed E-state index contributed by atoms with van der Waals surface area (Å²) in [5.41, 5.74) is 2.84. The van der Waals surface area contributed by atoms with Crippen LogP contribution >= 0.6 is 17.2 Å². The second-order valence-electron chi connectivity index (χ2n) is 22.2. The molecular weight excluding hydrogens is 899 g/mol. The fraction of sp³-hybridized carbons (Fsp3) is 0.390. The van der Waals surface area contributed by atoms with Gasteiger partial charge in [0.25, 0.3) is 0 Å². The molecule has 0 bridgehead atoms. The van der Waals surface area contributed by atoms with Crippen molar-refractivity contribution >= 4 is 17.2 Å². The molecule has 0 heterocycles. The summed E-state index contributed by atoms with van der Waals surface area (Å²) in [6.07, 6.45) is -0.492. The Morgan fingerprint density at radius 2 is 0.594 bits per heavy atom. The lowest BCUT2D eigenvalue weighted by atomic mass is 9.67. The van der Waals surface area contributed by atoms with E-state index >= 15 is 0 Å². The van der Waals surface area contributed by atoms with Gasteiger partial charge in [0, 0.05) is 5.41 Å². The molecule has 0 aliphatic carbocycles. The van der Waals surface area contributed by atoms with Crippen LogP contribution in [0.15, 0.2) is 146 Å². The van der Waals surface area contributed by atoms with E-state index in [4.69, 9.17) is 27.1 Å². The predicted molar refractivity (Wildman–Crippen MR) is 284 cm³/mol. The molecular formula is C59H74O8P2. The average Bonchev–Trinajstić information content (AvgIpc) is 3.27. The number of phenols is 2. The predicted octanol–water partition coefficient (Wildman–Crippen LogP) is 16.6. The summed E-state index contributed by atoms with van der Waals surface area (Å²) in [5, 5.41) is 24.1. The van der Waals surface area contributed by atoms with E-state index < -0.39 is 56.5 Å². The number of phenolic OH excluding ortho intramolecular Hbond substituents is 2. The Kier molecular flexibility index (Phi) is 16.9. The maximum absolute atomic E-state index is 12.0. The van der Waals surface area contributed by atoms with Crippen molar-refractivity contribution in [2.75, 3.05) is 0 Å². The van der Waals surface area contributed by atoms with Gasteiger partial charge in [-0.05, 0) is 130 Å². The molecule has 6 rings (SSSR count). The van der Waals surface area contributed by atoms with Gasteiger partial charge in [-0.15, -0.1) is 0 Å². The van der Waals surface area contributed by atoms with Gasteiger partial charge < -0.3 is 28.3 Å². The highest BCUT2D eigenvalue weighted by Crippen LogP contribution is 2.54. The van der Waals surface area contributed by atoms with Crippen molar-refractivity contribution in [1.29, 1.82) is 0 Å². The lowest BCUT2D eigenvalue weighted by Crippen LogP contribution is -2.48. The van der Waals surface area contributed by atoms with E-state index in [-0.39, 0.29) is 0 Å². The molecule has 0 spiro atoms. The van der Waals surface area contributed by atoms with Crippen LogP contribution in [0, 0.1) is 5.41 Å². The number of hydrogen-bond acceptors (Lipinski definition) is 8. The molecule has 2 unspecified atom stereocenters. The van der Waals surface area contributed by atoms with Gasteiger partial charge in [0.1, 0.15) is 34.5 Å². The standard InChI is InChI=1S/C59H74O8P2/c1-41(62-68(64-45-27-19-15-20-28-45)65-46-29-21-16-22-30-46)59(39-43-35-49(55(3,4)5)53(60)50(36-43)56(6,7)8,40-44-37-51(57(9,10)11)54(61)52(38-44)58(12,13)14)42(2)63-69(66-47-31-23-17-24-32-47)67-48-33-25-18-26-34-48/h15-38,41-42,60-61H,39-40H2,1-14H3. The largest absolute Gasteiger partial charge is 0.507 e. The first-order valence-electron chi connectivity index (χ1n) is 23.9. The summed E-state index contributed by atoms with van der Waals surface area (Å²) >= 11 is 0. The minimum Gasteiger partial charge on any atom is -0.507 e. The van der Waals surface area contributed by atoms with Gasteiger partial charge in [-0.25, -0.2) is 0 Å². The molecule has 69 heavy (non-hydrogen) atoms. The summed E-state index contributed by atoms with van der Waals surface area (Å²) in [6, 6.07) is 46.9. The van der Waals surface area contributed by atoms with Crippen LogP contribution in [-0.4, -0.2) is 22.4 Å². The van der Waals surface area contributed by atoms with Gasteiger partial charge >= 0.3 is 17.2 Å². The first-order chi connectivity index (χ1) is 32.3. The van der Waals surface area contributed by atoms with Crippen molar-refractivity contribution in [3.8, 4) is 34.5 Å². The minimum atomic E-state index is -2.09. The molecule has 0 fully saturated rings. The fourth-order valence-corrected chi connectivity index (χ4v) is 10.8. The number of para-hydroxylation sites is 4. The quantitative estimate of drug-likeness (QED) is 0.0823. The zero-order valence-electron chi connectivity index (χ0n) is 43.2. The summed E-state index contributed by atoms with van der Waals surface area (Å²) < 4.78 is 41.3. The summed E-state index contributed by atoms with van der Waals surface area (Å²) in [7, 11) is -4.19. The van der Waals surface area contributed by atoms with Gasteiger partial charge in [0.15, 0.2) is 0 Å². The Morgan fingerprint density at radius 1 is 0.377 bits per heavy atom. The van der Waals surface area contributed by atoms with Gasteiger partial charge in [-0.1, -0.05) is 180 Å². The van der Waals surface area contributed by atoms with Crippen LogP contribution in [0.1, 0.15) is 130 Å². The molecule has 0 radical (unpaired) electrons. The molecule has 6 aromatic carbocycles. The highest BCUT2D eigenvalue weighted by molar-refractivity contribution is 7.43. The van der Waals surface area contributed by atoms with Crippen LogP contribution in [0.3, 0.4) is 0 Å². The van der Waals surface area contributed by atoms with Crippen LogP contribution in [0.5, 0.6) is 34.5 Å². The summed E-state index contributed by atoms with van der Waals surface area (Å²) in [4.78, 5) is 0. The van der Waals surface area contributed by atoms with Crippen molar-refractivity contribution in [2.45, 2.75) is 144 Å². The Bertz CT molecular complexity index is 2230. The zero-order valence-corrected chi connectivity index (χ0v) is 45.0. The van der Waals surface area contributed by atoms with Crippen molar-refractivity contribution in [3.63, 3.8) is 0 Å². The molecule has 0 amide bonds. The molecule has 10 heteroatoms. The van der Waals surface area contributed by atoms with E-state index in [1.54, 1.807) is 0 Å². The number of rotatable bonds is 18. The average molecular weight is 973 g/mol. The van der Waals surface area contributed by atoms with Gasteiger partial charge in [-0.2, -0.15) is 0 Å². The van der Waals surface area contributed by atoms with Crippen LogP contribution in [-0.2, 0) is 43.5 Å². The van der Waals surface area contributed by atoms with Gasteiger partial charge in [-0.3, -0.25) is 9.05 Å². The van der Waals surface area contributed by atoms with Crippen LogP contribution in [0.25, 0.3) is 0 Å². The van der Waals surface area contributed by atoms with Gasteiger partial charge in [0.05, 0.1) is 12.2 Å². The molecule has 2 atom stereocenters. The molecule has 2 N–H and O–H groups in total. The highest BCUT2D eigenvalue weighted by Gasteiger charge is 2.48. The first-order valence-corrected chi connectivity index (χ1v) is 26.1. The monoisotopic (exact) mass is 972 g/mol. The Morgan fingerprint density at radius 3 is 0.797 bits per heavy atom. The SMILES string of the molecule is CC(OP(Oc1ccccc1)Oc1ccccc1)C(Cc1cc(C(C)(C)C)c(O)c(C(C)(C)C)c1)(Cc1cc(C(C)(C)C)c(O)c(C(C)(C)C)c1)C(C)OP(Oc1ccccc1)Oc1ccccc1. The minimum absolute atomic E-state index is 0.299. The Hall–Kier alpha value is -5.10. The second kappa shape index (κ2) is 21.9. The van der Waals surface area contributed by atoms with E-state index in [1.165, 1.54) is 0 Å². The summed E-state index contributed by atoms with van der Waals surface area (Å²) in [5.74, 6) is 3.00. The van der Waals surface area contributed by atoms with E-state index in [2.05, 4.69) is 121 Å². The summed E-state index contributed by atoms with van der Waals surface area (Å²) in [6.45, 7) is 29.7. The molecule has 6 aromatic rings. The lowest BCUT2D eigenvalue weighted by Gasteiger charge is -2.45. The van der Waals surface area contributed by atoms with Crippen molar-refractivity contribution in [1.82, 2.24) is 0 Å². The molecule has 0 aliphatic heterocycles. The van der Waals surface area contributed by atoms with Crippen LogP contribution < -0.4 is 18.1 Å². The maximum Gasteiger partial charge on any atom is 0.463 e. The highest BCUT2D eigenvalue weighted by atomic mass is 31.2. The van der Waals surface area contributed by atoms with E-state index in [0.29, 0.717) is 47.3 Å². The molecule has 368 valence electrons. The van der Waals surface area contributed by atoms with Gasteiger partial charge in [0.2, 0.25) is 0 Å². The Balaban J connectivity index is 1.63. The third kappa shape index (κ3) is 14.0. The fourth-order valence-electron chi connectivity index (χ4n) is 8.47. The van der Waals surface area contributed by atoms with Crippen molar-refractivity contribution in [2.24, 2.45) is 5.41 Å². The van der Waals surface area contributed by atoms with E-state index in [1.807, 2.05) is 121 Å².